The summed E-state index contributed by atoms with van der Waals surface area (Å²) in [6.45, 7) is 4.36. The number of esters is 1. The van der Waals surface area contributed by atoms with E-state index in [4.69, 9.17) is 10.5 Å². The zero-order valence-electron chi connectivity index (χ0n) is 10.3. The van der Waals surface area contributed by atoms with Crippen LogP contribution in [0.5, 0.6) is 0 Å². The number of hydrogen-bond acceptors (Lipinski definition) is 3. The van der Waals surface area contributed by atoms with E-state index in [0.717, 1.165) is 25.7 Å². The number of allylic oxidation sites excluding steroid dienone is 2. The van der Waals surface area contributed by atoms with Gasteiger partial charge in [0, 0.05) is 0 Å². The van der Waals surface area contributed by atoms with Crippen LogP contribution in [0.15, 0.2) is 12.2 Å². The summed E-state index contributed by atoms with van der Waals surface area (Å²) in [6, 6.07) is -0.403. The summed E-state index contributed by atoms with van der Waals surface area (Å²) in [5.74, 6) is 0.745. The van der Waals surface area contributed by atoms with E-state index >= 15 is 0 Å². The maximum Gasteiger partial charge on any atom is 0.323 e. The zero-order valence-corrected chi connectivity index (χ0v) is 10.3. The van der Waals surface area contributed by atoms with E-state index in [1.165, 1.54) is 0 Å². The van der Waals surface area contributed by atoms with Gasteiger partial charge in [-0.2, -0.15) is 0 Å². The van der Waals surface area contributed by atoms with Crippen molar-refractivity contribution < 1.29 is 9.53 Å². The molecule has 0 saturated heterocycles. The smallest absolute Gasteiger partial charge is 0.323 e. The molecule has 1 saturated carbocycles. The average Bonchev–Trinajstić information content (AvgIpc) is 3.03. The largest absolute Gasteiger partial charge is 0.465 e. The summed E-state index contributed by atoms with van der Waals surface area (Å²) in [6.07, 6.45) is 8.82. The third kappa shape index (κ3) is 3.97. The molecule has 16 heavy (non-hydrogen) atoms. The van der Waals surface area contributed by atoms with E-state index in [2.05, 4.69) is 19.1 Å². The monoisotopic (exact) mass is 225 g/mol. The highest BCUT2D eigenvalue weighted by Gasteiger charge is 2.44. The van der Waals surface area contributed by atoms with Crippen molar-refractivity contribution in [3.05, 3.63) is 12.2 Å². The van der Waals surface area contributed by atoms with Crippen LogP contribution in [0.1, 0.15) is 39.5 Å². The second-order valence-electron chi connectivity index (χ2n) is 4.39. The minimum Gasteiger partial charge on any atom is -0.465 e. The van der Waals surface area contributed by atoms with Gasteiger partial charge < -0.3 is 10.5 Å². The second kappa shape index (κ2) is 6.69. The van der Waals surface area contributed by atoms with Gasteiger partial charge in [0.05, 0.1) is 6.61 Å². The molecule has 0 aromatic rings. The Bertz CT molecular complexity index is 250. The Kier molecular flexibility index (Phi) is 5.53. The summed E-state index contributed by atoms with van der Waals surface area (Å²) in [4.78, 5) is 11.4. The molecule has 0 bridgehead atoms. The molecule has 1 rings (SSSR count). The molecule has 3 heteroatoms. The topological polar surface area (TPSA) is 52.3 Å². The fourth-order valence-corrected chi connectivity index (χ4v) is 2.05. The minimum atomic E-state index is -0.403. The number of ether oxygens (including phenoxy) is 1. The fraction of sp³-hybridized carbons (Fsp3) is 0.769. The van der Waals surface area contributed by atoms with E-state index < -0.39 is 6.04 Å². The third-order valence-corrected chi connectivity index (χ3v) is 3.10. The Balaban J connectivity index is 2.17. The third-order valence-electron chi connectivity index (χ3n) is 3.10. The first-order valence-electron chi connectivity index (χ1n) is 6.27. The molecule has 0 spiro atoms. The van der Waals surface area contributed by atoms with Crippen molar-refractivity contribution in [2.24, 2.45) is 17.6 Å². The Labute approximate surface area is 98.0 Å². The van der Waals surface area contributed by atoms with Gasteiger partial charge in [0.1, 0.15) is 6.04 Å². The van der Waals surface area contributed by atoms with Gasteiger partial charge >= 0.3 is 5.97 Å². The van der Waals surface area contributed by atoms with Gasteiger partial charge in [-0.15, -0.1) is 0 Å². The highest BCUT2D eigenvalue weighted by molar-refractivity contribution is 5.76. The number of rotatable bonds is 7. The lowest BCUT2D eigenvalue weighted by Crippen LogP contribution is -2.35. The number of nitrogens with two attached hydrogens (primary N) is 1. The van der Waals surface area contributed by atoms with Gasteiger partial charge in [-0.1, -0.05) is 19.1 Å². The van der Waals surface area contributed by atoms with Crippen LogP contribution in [-0.2, 0) is 9.53 Å². The molecule has 2 N–H and O–H groups in total. The van der Waals surface area contributed by atoms with Crippen LogP contribution in [0.25, 0.3) is 0 Å². The van der Waals surface area contributed by atoms with Gasteiger partial charge in [-0.3, -0.25) is 4.79 Å². The molecule has 3 unspecified atom stereocenters. The molecule has 1 fully saturated rings. The Morgan fingerprint density at radius 3 is 2.88 bits per heavy atom. The van der Waals surface area contributed by atoms with Gasteiger partial charge in [0.25, 0.3) is 0 Å². The van der Waals surface area contributed by atoms with Crippen LogP contribution in [0, 0.1) is 11.8 Å². The molecular weight excluding hydrogens is 202 g/mol. The molecule has 3 atom stereocenters. The average molecular weight is 225 g/mol. The van der Waals surface area contributed by atoms with Crippen LogP contribution in [0.3, 0.4) is 0 Å². The van der Waals surface area contributed by atoms with Crippen molar-refractivity contribution in [3.8, 4) is 0 Å². The molecule has 1 aliphatic carbocycles. The van der Waals surface area contributed by atoms with Crippen LogP contribution in [0.2, 0.25) is 0 Å². The SMILES string of the molecule is CCC=CCCC1CC1C(N)C(=O)OCC. The standard InChI is InChI=1S/C13H23NO2/c1-3-5-6-7-8-10-9-11(10)12(14)13(15)16-4-2/h5-6,10-12H,3-4,7-9,14H2,1-2H3. The van der Waals surface area contributed by atoms with Gasteiger partial charge in [-0.25, -0.2) is 0 Å². The maximum absolute atomic E-state index is 11.4. The molecular formula is C13H23NO2. The summed E-state index contributed by atoms with van der Waals surface area (Å²) >= 11 is 0. The molecule has 92 valence electrons. The molecule has 0 heterocycles. The van der Waals surface area contributed by atoms with E-state index in [0.29, 0.717) is 18.4 Å². The molecule has 0 aliphatic heterocycles. The zero-order chi connectivity index (χ0) is 12.0. The van der Waals surface area contributed by atoms with Crippen molar-refractivity contribution in [1.82, 2.24) is 0 Å². The normalized spacial score (nSPS) is 25.7. The first-order chi connectivity index (χ1) is 7.70. The summed E-state index contributed by atoms with van der Waals surface area (Å²) in [7, 11) is 0. The molecule has 3 nitrogen and oxygen atoms in total. The lowest BCUT2D eigenvalue weighted by atomic mass is 10.1. The van der Waals surface area contributed by atoms with Crippen molar-refractivity contribution in [2.45, 2.75) is 45.6 Å². The number of carbonyl (C=O) groups excluding carboxylic acids is 1. The van der Waals surface area contributed by atoms with Crippen molar-refractivity contribution in [1.29, 1.82) is 0 Å². The molecule has 0 radical (unpaired) electrons. The minimum absolute atomic E-state index is 0.237. The van der Waals surface area contributed by atoms with Gasteiger partial charge in [0.2, 0.25) is 0 Å². The molecule has 1 aliphatic rings. The van der Waals surface area contributed by atoms with Crippen LogP contribution in [-0.4, -0.2) is 18.6 Å². The summed E-state index contributed by atoms with van der Waals surface area (Å²) < 4.78 is 4.92. The van der Waals surface area contributed by atoms with Crippen molar-refractivity contribution in [2.75, 3.05) is 6.61 Å². The summed E-state index contributed by atoms with van der Waals surface area (Å²) in [5.41, 5.74) is 5.84. The Hall–Kier alpha value is -0.830. The lowest BCUT2D eigenvalue weighted by molar-refractivity contribution is -0.145. The van der Waals surface area contributed by atoms with Crippen molar-refractivity contribution >= 4 is 5.97 Å². The van der Waals surface area contributed by atoms with Crippen LogP contribution in [0.4, 0.5) is 0 Å². The highest BCUT2D eigenvalue weighted by Crippen LogP contribution is 2.44. The van der Waals surface area contributed by atoms with Crippen molar-refractivity contribution in [3.63, 3.8) is 0 Å². The van der Waals surface area contributed by atoms with E-state index in [-0.39, 0.29) is 5.97 Å². The molecule has 0 aromatic carbocycles. The molecule has 0 amide bonds. The van der Waals surface area contributed by atoms with Gasteiger partial charge in [0.15, 0.2) is 0 Å². The number of hydrogen-bond donors (Lipinski definition) is 1. The lowest BCUT2D eigenvalue weighted by Gasteiger charge is -2.09. The highest BCUT2D eigenvalue weighted by atomic mass is 16.5. The Morgan fingerprint density at radius 1 is 1.50 bits per heavy atom. The quantitative estimate of drug-likeness (QED) is 0.534. The first-order valence-corrected chi connectivity index (χ1v) is 6.27. The predicted molar refractivity (Wildman–Crippen MR) is 64.9 cm³/mol. The van der Waals surface area contributed by atoms with E-state index in [9.17, 15) is 4.79 Å². The fourth-order valence-electron chi connectivity index (χ4n) is 2.05. The van der Waals surface area contributed by atoms with E-state index in [1.54, 1.807) is 0 Å². The second-order valence-corrected chi connectivity index (χ2v) is 4.39. The van der Waals surface area contributed by atoms with E-state index in [1.807, 2.05) is 6.92 Å². The van der Waals surface area contributed by atoms with Gasteiger partial charge in [-0.05, 0) is 44.4 Å². The maximum atomic E-state index is 11.4. The Morgan fingerprint density at radius 2 is 2.25 bits per heavy atom. The summed E-state index contributed by atoms with van der Waals surface area (Å²) in [5, 5.41) is 0. The molecule has 0 aromatic heterocycles. The van der Waals surface area contributed by atoms with Crippen LogP contribution < -0.4 is 5.73 Å². The van der Waals surface area contributed by atoms with Crippen LogP contribution >= 0.6 is 0 Å². The number of carbonyl (C=O) groups is 1. The predicted octanol–water partition coefficient (Wildman–Crippen LogP) is 2.26. The first kappa shape index (κ1) is 13.2.